The van der Waals surface area contributed by atoms with Gasteiger partial charge < -0.3 is 14.5 Å². The second-order valence-electron chi connectivity index (χ2n) is 5.98. The van der Waals surface area contributed by atoms with Crippen LogP contribution in [0.3, 0.4) is 0 Å². The highest BCUT2D eigenvalue weighted by Gasteiger charge is 2.20. The number of carbonyl (C=O) groups excluding carboxylic acids is 1. The summed E-state index contributed by atoms with van der Waals surface area (Å²) in [5.74, 6) is 0.829. The molecule has 0 aliphatic carbocycles. The van der Waals surface area contributed by atoms with Gasteiger partial charge in [-0.1, -0.05) is 18.2 Å². The monoisotopic (exact) mass is 305 g/mol. The van der Waals surface area contributed by atoms with E-state index in [1.54, 1.807) is 0 Å². The third kappa shape index (κ3) is 5.66. The Bertz CT molecular complexity index is 442. The maximum atomic E-state index is 12.2. The lowest BCUT2D eigenvalue weighted by Gasteiger charge is -2.34. The molecule has 5 heteroatoms. The lowest BCUT2D eigenvalue weighted by atomic mass is 10.3. The molecule has 1 aromatic carbocycles. The van der Waals surface area contributed by atoms with Crippen molar-refractivity contribution in [2.75, 3.05) is 60.0 Å². The molecule has 2 rings (SSSR count). The highest BCUT2D eigenvalue weighted by molar-refractivity contribution is 5.77. The van der Waals surface area contributed by atoms with Crippen molar-refractivity contribution in [3.63, 3.8) is 0 Å². The van der Waals surface area contributed by atoms with Gasteiger partial charge in [0, 0.05) is 26.2 Å². The molecule has 1 aromatic rings. The van der Waals surface area contributed by atoms with E-state index in [4.69, 9.17) is 4.74 Å². The van der Waals surface area contributed by atoms with Crippen LogP contribution < -0.4 is 4.74 Å². The number of ether oxygens (including phenoxy) is 1. The molecule has 0 radical (unpaired) electrons. The summed E-state index contributed by atoms with van der Waals surface area (Å²) in [6.45, 7) is 5.89. The summed E-state index contributed by atoms with van der Waals surface area (Å²) in [5, 5.41) is 0. The van der Waals surface area contributed by atoms with E-state index in [9.17, 15) is 4.79 Å². The molecule has 0 unspecified atom stereocenters. The summed E-state index contributed by atoms with van der Waals surface area (Å²) < 4.78 is 5.53. The zero-order valence-corrected chi connectivity index (χ0v) is 13.7. The summed E-state index contributed by atoms with van der Waals surface area (Å²) in [7, 11) is 4.20. The minimum Gasteiger partial charge on any atom is -0.484 e. The number of hydrogen-bond acceptors (Lipinski definition) is 4. The van der Waals surface area contributed by atoms with Crippen molar-refractivity contribution in [1.29, 1.82) is 0 Å². The van der Waals surface area contributed by atoms with Gasteiger partial charge >= 0.3 is 0 Å². The summed E-state index contributed by atoms with van der Waals surface area (Å²) >= 11 is 0. The van der Waals surface area contributed by atoms with E-state index < -0.39 is 0 Å². The van der Waals surface area contributed by atoms with E-state index in [-0.39, 0.29) is 12.5 Å². The minimum atomic E-state index is 0.0804. The van der Waals surface area contributed by atoms with Crippen LogP contribution >= 0.6 is 0 Å². The summed E-state index contributed by atoms with van der Waals surface area (Å²) in [4.78, 5) is 18.7. The molecule has 0 aromatic heterocycles. The molecule has 1 heterocycles. The lowest BCUT2D eigenvalue weighted by Crippen LogP contribution is -2.50. The van der Waals surface area contributed by atoms with Crippen LogP contribution in [0.1, 0.15) is 6.42 Å². The molecule has 122 valence electrons. The smallest absolute Gasteiger partial charge is 0.260 e. The molecule has 1 aliphatic heterocycles. The Morgan fingerprint density at radius 3 is 2.45 bits per heavy atom. The van der Waals surface area contributed by atoms with Crippen LogP contribution in [0, 0.1) is 0 Å². The summed E-state index contributed by atoms with van der Waals surface area (Å²) in [6, 6.07) is 9.49. The Morgan fingerprint density at radius 2 is 1.82 bits per heavy atom. The van der Waals surface area contributed by atoms with Crippen LogP contribution in [-0.4, -0.2) is 80.6 Å². The zero-order valence-electron chi connectivity index (χ0n) is 13.7. The van der Waals surface area contributed by atoms with E-state index in [2.05, 4.69) is 23.9 Å². The first-order valence-corrected chi connectivity index (χ1v) is 7.98. The predicted molar refractivity (Wildman–Crippen MR) is 88.1 cm³/mol. The van der Waals surface area contributed by atoms with Crippen molar-refractivity contribution < 1.29 is 9.53 Å². The van der Waals surface area contributed by atoms with Gasteiger partial charge in [-0.25, -0.2) is 0 Å². The average molecular weight is 305 g/mol. The molecule has 0 saturated carbocycles. The van der Waals surface area contributed by atoms with Gasteiger partial charge in [0.2, 0.25) is 0 Å². The van der Waals surface area contributed by atoms with Crippen molar-refractivity contribution >= 4 is 5.91 Å². The number of rotatable bonds is 7. The van der Waals surface area contributed by atoms with Crippen LogP contribution in [0.15, 0.2) is 30.3 Å². The largest absolute Gasteiger partial charge is 0.484 e. The third-order valence-electron chi connectivity index (χ3n) is 3.91. The molecule has 1 aliphatic rings. The van der Waals surface area contributed by atoms with Crippen LogP contribution in [0.4, 0.5) is 0 Å². The van der Waals surface area contributed by atoms with Crippen molar-refractivity contribution in [1.82, 2.24) is 14.7 Å². The zero-order chi connectivity index (χ0) is 15.8. The average Bonchev–Trinajstić information content (AvgIpc) is 2.54. The molecule has 22 heavy (non-hydrogen) atoms. The first-order chi connectivity index (χ1) is 10.6. The van der Waals surface area contributed by atoms with Gasteiger partial charge in [0.05, 0.1) is 0 Å². The molecule has 0 atom stereocenters. The Labute approximate surface area is 133 Å². The number of amides is 1. The first-order valence-electron chi connectivity index (χ1n) is 7.98. The second kappa shape index (κ2) is 8.76. The molecule has 1 fully saturated rings. The van der Waals surface area contributed by atoms with E-state index in [0.29, 0.717) is 0 Å². The fourth-order valence-corrected chi connectivity index (χ4v) is 2.58. The van der Waals surface area contributed by atoms with Gasteiger partial charge in [-0.3, -0.25) is 9.69 Å². The number of nitrogens with zero attached hydrogens (tertiary/aromatic N) is 3. The van der Waals surface area contributed by atoms with E-state index in [0.717, 1.165) is 45.0 Å². The Hall–Kier alpha value is -1.59. The van der Waals surface area contributed by atoms with Crippen LogP contribution in [0.5, 0.6) is 5.75 Å². The molecule has 0 N–H and O–H groups in total. The molecular weight excluding hydrogens is 278 g/mol. The van der Waals surface area contributed by atoms with Gasteiger partial charge in [-0.2, -0.15) is 0 Å². The maximum absolute atomic E-state index is 12.2. The number of carbonyl (C=O) groups is 1. The Balaban J connectivity index is 1.64. The molecule has 5 nitrogen and oxygen atoms in total. The highest BCUT2D eigenvalue weighted by atomic mass is 16.5. The third-order valence-corrected chi connectivity index (χ3v) is 3.91. The van der Waals surface area contributed by atoms with Crippen LogP contribution in [0.2, 0.25) is 0 Å². The van der Waals surface area contributed by atoms with Gasteiger partial charge in [0.15, 0.2) is 6.61 Å². The molecule has 1 saturated heterocycles. The van der Waals surface area contributed by atoms with Crippen molar-refractivity contribution in [3.8, 4) is 5.75 Å². The molecule has 0 spiro atoms. The van der Waals surface area contributed by atoms with E-state index in [1.807, 2.05) is 35.2 Å². The summed E-state index contributed by atoms with van der Waals surface area (Å²) in [6.07, 6.45) is 1.18. The van der Waals surface area contributed by atoms with Gasteiger partial charge in [0.1, 0.15) is 5.75 Å². The lowest BCUT2D eigenvalue weighted by molar-refractivity contribution is -0.135. The fourth-order valence-electron chi connectivity index (χ4n) is 2.58. The normalized spacial score (nSPS) is 16.0. The fraction of sp³-hybridized carbons (Fsp3) is 0.588. The van der Waals surface area contributed by atoms with Crippen LogP contribution in [-0.2, 0) is 4.79 Å². The number of benzene rings is 1. The number of hydrogen-bond donors (Lipinski definition) is 0. The van der Waals surface area contributed by atoms with E-state index in [1.165, 1.54) is 6.42 Å². The quantitative estimate of drug-likeness (QED) is 0.757. The van der Waals surface area contributed by atoms with Crippen molar-refractivity contribution in [2.45, 2.75) is 6.42 Å². The minimum absolute atomic E-state index is 0.0804. The number of piperazine rings is 1. The summed E-state index contributed by atoms with van der Waals surface area (Å²) in [5.41, 5.74) is 0. The Kier molecular flexibility index (Phi) is 6.68. The Morgan fingerprint density at radius 1 is 1.14 bits per heavy atom. The van der Waals surface area contributed by atoms with Gasteiger partial charge in [-0.05, 0) is 45.7 Å². The maximum Gasteiger partial charge on any atom is 0.260 e. The number of para-hydroxylation sites is 1. The van der Waals surface area contributed by atoms with E-state index >= 15 is 0 Å². The topological polar surface area (TPSA) is 36.0 Å². The molecule has 1 amide bonds. The van der Waals surface area contributed by atoms with Crippen molar-refractivity contribution in [2.24, 2.45) is 0 Å². The predicted octanol–water partition coefficient (Wildman–Crippen LogP) is 1.16. The molecule has 0 bridgehead atoms. The van der Waals surface area contributed by atoms with Crippen molar-refractivity contribution in [3.05, 3.63) is 30.3 Å². The van der Waals surface area contributed by atoms with Crippen LogP contribution in [0.25, 0.3) is 0 Å². The first kappa shape index (κ1) is 16.8. The molecular formula is C17H27N3O2. The van der Waals surface area contributed by atoms with Gasteiger partial charge in [-0.15, -0.1) is 0 Å². The van der Waals surface area contributed by atoms with Gasteiger partial charge in [0.25, 0.3) is 5.91 Å². The SMILES string of the molecule is CN(C)CCCN1CCN(C(=O)COc2ccccc2)CC1. The second-order valence-corrected chi connectivity index (χ2v) is 5.98. The standard InChI is InChI=1S/C17H27N3O2/c1-18(2)9-6-10-19-11-13-20(14-12-19)17(21)15-22-16-7-4-3-5-8-16/h3-5,7-8H,6,9-15H2,1-2H3. The highest BCUT2D eigenvalue weighted by Crippen LogP contribution is 2.09.